The number of anilines is 2. The van der Waals surface area contributed by atoms with Crippen molar-refractivity contribution in [2.24, 2.45) is 0 Å². The Bertz CT molecular complexity index is 649. The third-order valence-corrected chi connectivity index (χ3v) is 3.40. The topological polar surface area (TPSA) is 135 Å². The summed E-state index contributed by atoms with van der Waals surface area (Å²) in [5.41, 5.74) is 5.54. The van der Waals surface area contributed by atoms with Crippen LogP contribution in [0, 0.1) is 6.92 Å². The Kier molecular flexibility index (Phi) is 3.17. The fourth-order valence-electron chi connectivity index (χ4n) is 1.43. The van der Waals surface area contributed by atoms with Crippen molar-refractivity contribution in [3.8, 4) is 0 Å². The molecule has 0 unspecified atom stereocenters. The molecule has 10 heteroatoms. The Morgan fingerprint density at radius 2 is 2.11 bits per heavy atom. The zero-order valence-electron chi connectivity index (χ0n) is 9.95. The number of rotatable bonds is 3. The molecule has 0 aromatic carbocycles. The van der Waals surface area contributed by atoms with E-state index in [2.05, 4.69) is 19.3 Å². The van der Waals surface area contributed by atoms with Crippen molar-refractivity contribution in [2.45, 2.75) is 6.92 Å². The first kappa shape index (κ1) is 13.0. The third kappa shape index (κ3) is 2.12. The maximum Gasteiger partial charge on any atom is 0.340 e. The highest BCUT2D eigenvalue weighted by Crippen LogP contribution is 2.29. The smallest absolute Gasteiger partial charge is 0.340 e. The predicted octanol–water partition coefficient (Wildman–Crippen LogP) is 0.392. The van der Waals surface area contributed by atoms with Gasteiger partial charge in [-0.3, -0.25) is 9.69 Å². The van der Waals surface area contributed by atoms with Gasteiger partial charge in [0.2, 0.25) is 11.5 Å². The van der Waals surface area contributed by atoms with E-state index in [9.17, 15) is 9.59 Å². The molecule has 0 bridgehead atoms. The molecule has 0 radical (unpaired) electrons. The quantitative estimate of drug-likeness (QED) is 0.825. The molecular formula is C9H9N5O4S. The molecular weight excluding hydrogens is 274 g/mol. The van der Waals surface area contributed by atoms with Crippen molar-refractivity contribution in [1.82, 2.24) is 14.7 Å². The van der Waals surface area contributed by atoms with Crippen LogP contribution < -0.4 is 10.6 Å². The molecule has 2 aromatic heterocycles. The lowest BCUT2D eigenvalue weighted by Crippen LogP contribution is -2.28. The van der Waals surface area contributed by atoms with Crippen molar-refractivity contribution >= 4 is 34.2 Å². The summed E-state index contributed by atoms with van der Waals surface area (Å²) in [7, 11) is 1.40. The summed E-state index contributed by atoms with van der Waals surface area (Å²) >= 11 is 0.899. The molecule has 0 saturated carbocycles. The number of hydrogen-bond donors (Lipinski definition) is 2. The van der Waals surface area contributed by atoms with Gasteiger partial charge in [-0.25, -0.2) is 9.42 Å². The van der Waals surface area contributed by atoms with E-state index in [1.54, 1.807) is 6.92 Å². The van der Waals surface area contributed by atoms with E-state index in [4.69, 9.17) is 10.8 Å². The number of aromatic nitrogens is 3. The Labute approximate surface area is 110 Å². The van der Waals surface area contributed by atoms with E-state index in [1.807, 2.05) is 0 Å². The number of carboxylic acids is 1. The molecule has 0 atom stereocenters. The molecule has 0 spiro atoms. The maximum atomic E-state index is 12.1. The predicted molar refractivity (Wildman–Crippen MR) is 65.3 cm³/mol. The number of aryl methyl sites for hydroxylation is 1. The van der Waals surface area contributed by atoms with Crippen LogP contribution in [0.5, 0.6) is 0 Å². The molecule has 100 valence electrons. The SMILES string of the molecule is Cc1nsc(N(C)C(=O)c2nonc2N)c1C(=O)O. The van der Waals surface area contributed by atoms with Crippen molar-refractivity contribution < 1.29 is 19.3 Å². The van der Waals surface area contributed by atoms with E-state index in [0.717, 1.165) is 16.4 Å². The van der Waals surface area contributed by atoms with Crippen LogP contribution in [0.3, 0.4) is 0 Å². The van der Waals surface area contributed by atoms with Gasteiger partial charge in [-0.1, -0.05) is 0 Å². The number of carbonyl (C=O) groups excluding carboxylic acids is 1. The van der Waals surface area contributed by atoms with E-state index < -0.39 is 11.9 Å². The minimum Gasteiger partial charge on any atom is -0.478 e. The summed E-state index contributed by atoms with van der Waals surface area (Å²) in [5.74, 6) is -1.94. The zero-order valence-corrected chi connectivity index (χ0v) is 10.8. The van der Waals surface area contributed by atoms with Crippen molar-refractivity contribution in [3.05, 3.63) is 17.0 Å². The Hall–Kier alpha value is -2.49. The minimum absolute atomic E-state index is 0.0316. The first-order valence-electron chi connectivity index (χ1n) is 4.99. The van der Waals surface area contributed by atoms with E-state index in [0.29, 0.717) is 5.69 Å². The van der Waals surface area contributed by atoms with E-state index in [1.165, 1.54) is 7.05 Å². The molecule has 0 aliphatic carbocycles. The molecule has 0 aliphatic rings. The van der Waals surface area contributed by atoms with Gasteiger partial charge in [0.15, 0.2) is 0 Å². The summed E-state index contributed by atoms with van der Waals surface area (Å²) in [6.07, 6.45) is 0. The summed E-state index contributed by atoms with van der Waals surface area (Å²) in [4.78, 5) is 24.3. The Balaban J connectivity index is 2.40. The van der Waals surface area contributed by atoms with Gasteiger partial charge in [-0.2, -0.15) is 4.37 Å². The lowest BCUT2D eigenvalue weighted by atomic mass is 10.2. The molecule has 1 amide bonds. The average Bonchev–Trinajstić information content (AvgIpc) is 2.93. The van der Waals surface area contributed by atoms with Crippen LogP contribution in [0.4, 0.5) is 10.8 Å². The number of amides is 1. The number of carboxylic acid groups (broad SMARTS) is 1. The standard InChI is InChI=1S/C9H9N5O4S/c1-3-4(9(16)17)8(19-13-3)14(2)7(15)5-6(10)12-18-11-5/h1-2H3,(H2,10,12)(H,16,17). The molecule has 2 aromatic rings. The average molecular weight is 283 g/mol. The highest BCUT2D eigenvalue weighted by Gasteiger charge is 2.27. The lowest BCUT2D eigenvalue weighted by molar-refractivity contribution is 0.0697. The van der Waals surface area contributed by atoms with Crippen LogP contribution in [0.2, 0.25) is 0 Å². The van der Waals surface area contributed by atoms with Crippen molar-refractivity contribution in [1.29, 1.82) is 0 Å². The number of nitrogens with two attached hydrogens (primary N) is 1. The second kappa shape index (κ2) is 4.65. The van der Waals surface area contributed by atoms with Gasteiger partial charge in [0.25, 0.3) is 5.91 Å². The lowest BCUT2D eigenvalue weighted by Gasteiger charge is -2.13. The Morgan fingerprint density at radius 1 is 1.42 bits per heavy atom. The van der Waals surface area contributed by atoms with Gasteiger partial charge in [0.05, 0.1) is 5.69 Å². The summed E-state index contributed by atoms with van der Waals surface area (Å²) < 4.78 is 8.26. The normalized spacial score (nSPS) is 10.4. The van der Waals surface area contributed by atoms with Crippen LogP contribution in [0.15, 0.2) is 4.63 Å². The molecule has 3 N–H and O–H groups in total. The van der Waals surface area contributed by atoms with Crippen LogP contribution in [0.1, 0.15) is 26.5 Å². The number of nitrogen functional groups attached to an aromatic ring is 1. The van der Waals surface area contributed by atoms with Crippen LogP contribution in [-0.4, -0.2) is 38.7 Å². The monoisotopic (exact) mass is 283 g/mol. The number of nitrogens with zero attached hydrogens (tertiary/aromatic N) is 4. The van der Waals surface area contributed by atoms with Gasteiger partial charge in [0, 0.05) is 7.05 Å². The van der Waals surface area contributed by atoms with Gasteiger partial charge < -0.3 is 10.8 Å². The summed E-state index contributed by atoms with van der Waals surface area (Å²) in [5, 5.41) is 16.0. The van der Waals surface area contributed by atoms with Gasteiger partial charge in [-0.05, 0) is 28.8 Å². The van der Waals surface area contributed by atoms with Gasteiger partial charge in [-0.15, -0.1) is 0 Å². The molecule has 0 fully saturated rings. The van der Waals surface area contributed by atoms with Crippen LogP contribution >= 0.6 is 11.5 Å². The number of hydrogen-bond acceptors (Lipinski definition) is 8. The molecule has 0 aliphatic heterocycles. The molecule has 0 saturated heterocycles. The zero-order chi connectivity index (χ0) is 14.2. The van der Waals surface area contributed by atoms with E-state index in [-0.39, 0.29) is 22.1 Å². The number of carbonyl (C=O) groups is 2. The van der Waals surface area contributed by atoms with Crippen LogP contribution in [0.25, 0.3) is 0 Å². The van der Waals surface area contributed by atoms with Gasteiger partial charge >= 0.3 is 5.97 Å². The second-order valence-electron chi connectivity index (χ2n) is 3.62. The molecule has 9 nitrogen and oxygen atoms in total. The molecule has 2 rings (SSSR count). The first-order valence-corrected chi connectivity index (χ1v) is 5.76. The fourth-order valence-corrected chi connectivity index (χ4v) is 2.27. The fraction of sp³-hybridized carbons (Fsp3) is 0.222. The highest BCUT2D eigenvalue weighted by molar-refractivity contribution is 7.11. The molecule has 19 heavy (non-hydrogen) atoms. The third-order valence-electron chi connectivity index (χ3n) is 2.38. The maximum absolute atomic E-state index is 12.1. The summed E-state index contributed by atoms with van der Waals surface area (Å²) in [6.45, 7) is 1.55. The minimum atomic E-state index is -1.16. The second-order valence-corrected chi connectivity index (χ2v) is 4.37. The van der Waals surface area contributed by atoms with Crippen molar-refractivity contribution in [3.63, 3.8) is 0 Å². The number of aromatic carboxylic acids is 1. The largest absolute Gasteiger partial charge is 0.478 e. The first-order chi connectivity index (χ1) is 8.93. The van der Waals surface area contributed by atoms with Gasteiger partial charge in [0.1, 0.15) is 10.6 Å². The highest BCUT2D eigenvalue weighted by atomic mass is 32.1. The van der Waals surface area contributed by atoms with Crippen LogP contribution in [-0.2, 0) is 0 Å². The van der Waals surface area contributed by atoms with Crippen molar-refractivity contribution in [2.75, 3.05) is 17.7 Å². The Morgan fingerprint density at radius 3 is 2.63 bits per heavy atom. The van der Waals surface area contributed by atoms with E-state index >= 15 is 0 Å². The molecule has 2 heterocycles. The summed E-state index contributed by atoms with van der Waals surface area (Å²) in [6, 6.07) is 0.